The second kappa shape index (κ2) is 7.06. The number of hydrogen-bond acceptors (Lipinski definition) is 7. The lowest BCUT2D eigenvalue weighted by atomic mass is 9.98. The highest BCUT2D eigenvalue weighted by Crippen LogP contribution is 2.47. The van der Waals surface area contributed by atoms with E-state index in [-0.39, 0.29) is 17.0 Å². The van der Waals surface area contributed by atoms with Crippen molar-refractivity contribution in [2.45, 2.75) is 19.4 Å². The fraction of sp³-hybridized carbons (Fsp3) is 0.217. The maximum atomic E-state index is 11.1. The van der Waals surface area contributed by atoms with E-state index in [0.717, 1.165) is 11.0 Å². The fourth-order valence-corrected chi connectivity index (χ4v) is 4.12. The number of rotatable bonds is 4. The van der Waals surface area contributed by atoms with Crippen LogP contribution in [0, 0.1) is 0 Å². The highest BCUT2D eigenvalue weighted by Gasteiger charge is 2.29. The molecule has 3 heterocycles. The summed E-state index contributed by atoms with van der Waals surface area (Å²) in [6.45, 7) is 5.87. The van der Waals surface area contributed by atoms with Crippen molar-refractivity contribution in [3.8, 4) is 34.3 Å². The molecule has 0 spiro atoms. The molecule has 5 rings (SSSR count). The summed E-state index contributed by atoms with van der Waals surface area (Å²) in [6.07, 6.45) is 0.366. The van der Waals surface area contributed by atoms with Crippen molar-refractivity contribution in [3.05, 3.63) is 47.1 Å². The first kappa shape index (κ1) is 19.5. The Hall–Kier alpha value is -3.45. The van der Waals surface area contributed by atoms with E-state index in [1.54, 1.807) is 32.4 Å². The molecule has 1 atom stereocenters. The Balaban J connectivity index is 1.78. The number of phenols is 1. The lowest BCUT2D eigenvalue weighted by molar-refractivity contribution is 0.271. The van der Waals surface area contributed by atoms with Gasteiger partial charge in [-0.05, 0) is 30.7 Å². The SMILES string of the molecule is C=C(C)[C@H]1Cc2c(ccc(-c3nnc(Cl)c4oc5cc(OC)c(OC)cc5c34)c2O)O1. The van der Waals surface area contributed by atoms with Gasteiger partial charge in [-0.1, -0.05) is 18.2 Å². The summed E-state index contributed by atoms with van der Waals surface area (Å²) in [5.74, 6) is 1.79. The van der Waals surface area contributed by atoms with Crippen LogP contribution in [0.1, 0.15) is 12.5 Å². The van der Waals surface area contributed by atoms with Gasteiger partial charge in [-0.25, -0.2) is 0 Å². The van der Waals surface area contributed by atoms with E-state index in [9.17, 15) is 5.11 Å². The van der Waals surface area contributed by atoms with E-state index in [2.05, 4.69) is 16.8 Å². The van der Waals surface area contributed by atoms with Crippen LogP contribution in [0.4, 0.5) is 0 Å². The van der Waals surface area contributed by atoms with Gasteiger partial charge in [0.1, 0.15) is 28.9 Å². The summed E-state index contributed by atoms with van der Waals surface area (Å²) in [7, 11) is 3.11. The largest absolute Gasteiger partial charge is 0.507 e. The van der Waals surface area contributed by atoms with Gasteiger partial charge in [-0.3, -0.25) is 0 Å². The van der Waals surface area contributed by atoms with Crippen molar-refractivity contribution >= 4 is 33.5 Å². The number of halogens is 1. The van der Waals surface area contributed by atoms with Crippen molar-refractivity contribution in [1.82, 2.24) is 10.2 Å². The minimum atomic E-state index is -0.168. The van der Waals surface area contributed by atoms with Crippen LogP contribution >= 0.6 is 11.6 Å². The summed E-state index contributed by atoms with van der Waals surface area (Å²) < 4.78 is 22.7. The first-order valence-electron chi connectivity index (χ1n) is 9.60. The highest BCUT2D eigenvalue weighted by molar-refractivity contribution is 6.35. The van der Waals surface area contributed by atoms with Gasteiger partial charge in [0.05, 0.1) is 19.6 Å². The molecule has 0 saturated heterocycles. The van der Waals surface area contributed by atoms with Crippen LogP contribution in [0.15, 0.2) is 40.8 Å². The lowest BCUT2D eigenvalue weighted by Crippen LogP contribution is -2.13. The summed E-state index contributed by atoms with van der Waals surface area (Å²) in [6, 6.07) is 7.10. The molecule has 1 aliphatic rings. The topological polar surface area (TPSA) is 86.8 Å². The quantitative estimate of drug-likeness (QED) is 0.432. The predicted molar refractivity (Wildman–Crippen MR) is 117 cm³/mol. The van der Waals surface area contributed by atoms with Crippen molar-refractivity contribution in [2.24, 2.45) is 0 Å². The van der Waals surface area contributed by atoms with Crippen molar-refractivity contribution < 1.29 is 23.7 Å². The molecule has 0 saturated carbocycles. The molecule has 1 aliphatic heterocycles. The molecule has 31 heavy (non-hydrogen) atoms. The van der Waals surface area contributed by atoms with E-state index in [0.29, 0.717) is 57.0 Å². The first-order valence-corrected chi connectivity index (χ1v) is 9.98. The molecule has 0 aliphatic carbocycles. The molecule has 1 N–H and O–H groups in total. The summed E-state index contributed by atoms with van der Waals surface area (Å²) in [4.78, 5) is 0. The molecule has 0 amide bonds. The van der Waals surface area contributed by atoms with Crippen molar-refractivity contribution in [1.29, 1.82) is 0 Å². The van der Waals surface area contributed by atoms with Crippen LogP contribution in [0.25, 0.3) is 33.2 Å². The molecule has 7 nitrogen and oxygen atoms in total. The number of ether oxygens (including phenoxy) is 3. The van der Waals surface area contributed by atoms with Gasteiger partial charge in [-0.2, -0.15) is 0 Å². The van der Waals surface area contributed by atoms with E-state index in [1.807, 2.05) is 13.0 Å². The highest BCUT2D eigenvalue weighted by atomic mass is 35.5. The van der Waals surface area contributed by atoms with Gasteiger partial charge in [0.15, 0.2) is 22.2 Å². The van der Waals surface area contributed by atoms with Gasteiger partial charge in [0.2, 0.25) is 0 Å². The molecular formula is C23H19ClN2O5. The molecule has 2 aromatic heterocycles. The Morgan fingerprint density at radius 3 is 2.65 bits per heavy atom. The van der Waals surface area contributed by atoms with Crippen LogP contribution in [-0.4, -0.2) is 35.6 Å². The third-order valence-electron chi connectivity index (χ3n) is 5.56. The standard InChI is InChI=1S/C23H19ClN2O5/c1-10(2)15-8-13-14(30-15)6-5-11(21(13)27)20-19-12-7-17(28-3)18(29-4)9-16(12)31-22(19)23(24)26-25-20/h5-7,9,15,27H,1,8H2,2-4H3/t15-/m1/s1. The molecule has 158 valence electrons. The van der Waals surface area contributed by atoms with E-state index in [4.69, 9.17) is 30.2 Å². The van der Waals surface area contributed by atoms with Crippen molar-refractivity contribution in [3.63, 3.8) is 0 Å². The Labute approximate surface area is 182 Å². The Morgan fingerprint density at radius 1 is 1.19 bits per heavy atom. The normalized spacial score (nSPS) is 15.2. The summed E-state index contributed by atoms with van der Waals surface area (Å²) in [5.41, 5.74) is 3.47. The Morgan fingerprint density at radius 2 is 1.94 bits per heavy atom. The number of furan rings is 1. The number of methoxy groups -OCH3 is 2. The molecule has 8 heteroatoms. The van der Waals surface area contributed by atoms with Crippen LogP contribution in [0.5, 0.6) is 23.0 Å². The van der Waals surface area contributed by atoms with Gasteiger partial charge in [0.25, 0.3) is 0 Å². The molecule has 0 radical (unpaired) electrons. The summed E-state index contributed by atoms with van der Waals surface area (Å²) >= 11 is 6.30. The molecule has 4 aromatic rings. The molecule has 0 unspecified atom stereocenters. The monoisotopic (exact) mass is 438 g/mol. The minimum Gasteiger partial charge on any atom is -0.507 e. The van der Waals surface area contributed by atoms with Gasteiger partial charge < -0.3 is 23.7 Å². The molecule has 0 fully saturated rings. The van der Waals surface area contributed by atoms with Crippen LogP contribution in [-0.2, 0) is 6.42 Å². The number of aromatic nitrogens is 2. The van der Waals surface area contributed by atoms with Crippen LogP contribution in [0.3, 0.4) is 0 Å². The van der Waals surface area contributed by atoms with Gasteiger partial charge in [0, 0.05) is 29.0 Å². The van der Waals surface area contributed by atoms with E-state index < -0.39 is 0 Å². The maximum Gasteiger partial charge on any atom is 0.195 e. The van der Waals surface area contributed by atoms with E-state index in [1.165, 1.54) is 0 Å². The molecule has 0 bridgehead atoms. The zero-order chi connectivity index (χ0) is 21.9. The number of hydrogen-bond donors (Lipinski definition) is 1. The fourth-order valence-electron chi connectivity index (χ4n) is 3.95. The molecule has 2 aromatic carbocycles. The number of fused-ring (bicyclic) bond motifs is 4. The number of nitrogens with zero attached hydrogens (tertiary/aromatic N) is 2. The zero-order valence-corrected chi connectivity index (χ0v) is 17.9. The minimum absolute atomic E-state index is 0.0917. The van der Waals surface area contributed by atoms with Crippen LogP contribution < -0.4 is 14.2 Å². The first-order chi connectivity index (χ1) is 14.9. The van der Waals surface area contributed by atoms with Crippen molar-refractivity contribution in [2.75, 3.05) is 14.2 Å². The Bertz CT molecular complexity index is 1380. The predicted octanol–water partition coefficient (Wildman–Crippen LogP) is 5.30. The van der Waals surface area contributed by atoms with E-state index >= 15 is 0 Å². The van der Waals surface area contributed by atoms with Gasteiger partial charge >= 0.3 is 0 Å². The number of benzene rings is 2. The average molecular weight is 439 g/mol. The third-order valence-corrected chi connectivity index (χ3v) is 5.81. The molecular weight excluding hydrogens is 420 g/mol. The lowest BCUT2D eigenvalue weighted by Gasteiger charge is -2.09. The summed E-state index contributed by atoms with van der Waals surface area (Å²) in [5, 5.41) is 20.9. The second-order valence-corrected chi connectivity index (χ2v) is 7.80. The van der Waals surface area contributed by atoms with Crippen LogP contribution in [0.2, 0.25) is 5.15 Å². The number of phenolic OH excluding ortho intramolecular Hbond substituents is 1. The third kappa shape index (κ3) is 2.88. The Kier molecular flexibility index (Phi) is 4.44. The van der Waals surface area contributed by atoms with Gasteiger partial charge in [-0.15, -0.1) is 10.2 Å². The maximum absolute atomic E-state index is 11.1. The number of aromatic hydroxyl groups is 1. The average Bonchev–Trinajstić information content (AvgIpc) is 3.36. The smallest absolute Gasteiger partial charge is 0.195 e. The second-order valence-electron chi connectivity index (χ2n) is 7.44. The zero-order valence-electron chi connectivity index (χ0n) is 17.2.